The molecule has 0 unspecified atom stereocenters. The van der Waals surface area contributed by atoms with E-state index in [1.165, 1.54) is 5.56 Å². The van der Waals surface area contributed by atoms with Gasteiger partial charge in [0.2, 0.25) is 0 Å². The van der Waals surface area contributed by atoms with Crippen LogP contribution < -0.4 is 0 Å². The highest BCUT2D eigenvalue weighted by Gasteiger charge is 2.19. The van der Waals surface area contributed by atoms with E-state index in [2.05, 4.69) is 43.1 Å². The molecule has 5 heteroatoms. The maximum absolute atomic E-state index is 10.5. The smallest absolute Gasteiger partial charge is 0.315 e. The van der Waals surface area contributed by atoms with Crippen LogP contribution in [0.4, 0.5) is 0 Å². The molecule has 2 aromatic carbocycles. The average molecular weight is 351 g/mol. The van der Waals surface area contributed by atoms with Crippen LogP contribution >= 0.6 is 0 Å². The van der Waals surface area contributed by atoms with Crippen molar-refractivity contribution >= 4 is 0 Å². The van der Waals surface area contributed by atoms with Crippen molar-refractivity contribution in [3.63, 3.8) is 0 Å². The molecule has 0 saturated carbocycles. The number of hydrogen-bond acceptors (Lipinski definition) is 4. The van der Waals surface area contributed by atoms with Crippen LogP contribution in [0.5, 0.6) is 11.8 Å². The van der Waals surface area contributed by atoms with Crippen LogP contribution in [0.15, 0.2) is 36.4 Å². The summed E-state index contributed by atoms with van der Waals surface area (Å²) in [5.41, 5.74) is 5.04. The molecule has 0 amide bonds. The Bertz CT molecular complexity index is 929. The zero-order valence-corrected chi connectivity index (χ0v) is 15.7. The van der Waals surface area contributed by atoms with E-state index in [0.717, 1.165) is 23.1 Å². The molecule has 3 rings (SSSR count). The van der Waals surface area contributed by atoms with Gasteiger partial charge in [-0.25, -0.2) is 0 Å². The van der Waals surface area contributed by atoms with Gasteiger partial charge in [-0.2, -0.15) is 0 Å². The zero-order chi connectivity index (χ0) is 18.8. The second-order valence-electron chi connectivity index (χ2n) is 6.96. The summed E-state index contributed by atoms with van der Waals surface area (Å²) in [6.07, 6.45) is 0.950. The third-order valence-corrected chi connectivity index (χ3v) is 4.72. The minimum absolute atomic E-state index is 0.142. The molecule has 0 saturated heterocycles. The third kappa shape index (κ3) is 3.43. The first kappa shape index (κ1) is 18.0. The predicted molar refractivity (Wildman–Crippen MR) is 103 cm³/mol. The van der Waals surface area contributed by atoms with Gasteiger partial charge >= 0.3 is 6.01 Å². The summed E-state index contributed by atoms with van der Waals surface area (Å²) in [6.45, 7) is 8.76. The van der Waals surface area contributed by atoms with Crippen LogP contribution in [0, 0.1) is 6.92 Å². The van der Waals surface area contributed by atoms with Gasteiger partial charge in [-0.1, -0.05) is 50.1 Å². The van der Waals surface area contributed by atoms with Crippen LogP contribution in [-0.2, 0) is 13.0 Å². The fourth-order valence-corrected chi connectivity index (χ4v) is 3.28. The third-order valence-electron chi connectivity index (χ3n) is 4.72. The number of hydrogen-bond donors (Lipinski definition) is 2. The number of aromatic hydroxyl groups is 2. The van der Waals surface area contributed by atoms with Crippen molar-refractivity contribution in [3.8, 4) is 23.1 Å². The normalized spacial score (nSPS) is 11.3. The molecule has 1 heterocycles. The minimum atomic E-state index is -0.159. The molecule has 0 fully saturated rings. The van der Waals surface area contributed by atoms with Gasteiger partial charge in [0.15, 0.2) is 5.82 Å². The summed E-state index contributed by atoms with van der Waals surface area (Å²) in [7, 11) is 0. The predicted octanol–water partition coefficient (Wildman–Crippen LogP) is 4.40. The first-order valence-corrected chi connectivity index (χ1v) is 8.94. The molecule has 0 aliphatic rings. The fraction of sp³-hybridized carbons (Fsp3) is 0.333. The number of phenolic OH excluding ortho intramolecular Hbond substituents is 1. The van der Waals surface area contributed by atoms with Gasteiger partial charge in [-0.3, -0.25) is 4.57 Å². The topological polar surface area (TPSA) is 71.2 Å². The second kappa shape index (κ2) is 7.20. The Kier molecular flexibility index (Phi) is 4.98. The minimum Gasteiger partial charge on any atom is -0.507 e. The Morgan fingerprint density at radius 1 is 1.04 bits per heavy atom. The molecule has 136 valence electrons. The van der Waals surface area contributed by atoms with Crippen molar-refractivity contribution in [1.82, 2.24) is 14.8 Å². The van der Waals surface area contributed by atoms with E-state index in [-0.39, 0.29) is 11.8 Å². The second-order valence-corrected chi connectivity index (χ2v) is 6.96. The largest absolute Gasteiger partial charge is 0.507 e. The van der Waals surface area contributed by atoms with Gasteiger partial charge in [0.25, 0.3) is 0 Å². The van der Waals surface area contributed by atoms with Crippen LogP contribution in [0.25, 0.3) is 11.4 Å². The molecule has 0 spiro atoms. The summed E-state index contributed by atoms with van der Waals surface area (Å²) in [4.78, 5) is 0. The molecule has 0 aliphatic carbocycles. The van der Waals surface area contributed by atoms with Crippen LogP contribution in [-0.4, -0.2) is 25.0 Å². The van der Waals surface area contributed by atoms with Gasteiger partial charge in [0.05, 0.1) is 12.1 Å². The van der Waals surface area contributed by atoms with Crippen LogP contribution in [0.1, 0.15) is 48.9 Å². The lowest BCUT2D eigenvalue weighted by atomic mass is 9.95. The number of aryl methyl sites for hydroxylation is 2. The van der Waals surface area contributed by atoms with Crippen molar-refractivity contribution in [1.29, 1.82) is 0 Å². The lowest BCUT2D eigenvalue weighted by molar-refractivity contribution is 0.404. The van der Waals surface area contributed by atoms with E-state index in [1.807, 2.05) is 25.1 Å². The van der Waals surface area contributed by atoms with E-state index >= 15 is 0 Å². The van der Waals surface area contributed by atoms with Gasteiger partial charge in [0, 0.05) is 0 Å². The lowest BCUT2D eigenvalue weighted by Gasteiger charge is -2.15. The van der Waals surface area contributed by atoms with Gasteiger partial charge in [0.1, 0.15) is 5.75 Å². The highest BCUT2D eigenvalue weighted by molar-refractivity contribution is 5.67. The van der Waals surface area contributed by atoms with E-state index in [4.69, 9.17) is 0 Å². The van der Waals surface area contributed by atoms with Crippen molar-refractivity contribution < 1.29 is 10.2 Å². The molecule has 1 aromatic heterocycles. The SMILES string of the molecule is CCc1cccc(Cn2c(O)nnc2-c2cc(C(C)C)c(C)cc2O)c1. The number of rotatable bonds is 5. The van der Waals surface area contributed by atoms with Crippen molar-refractivity contribution in [2.45, 2.75) is 46.6 Å². The summed E-state index contributed by atoms with van der Waals surface area (Å²) in [5, 5.41) is 28.6. The van der Waals surface area contributed by atoms with Gasteiger partial charge in [-0.15, -0.1) is 5.10 Å². The van der Waals surface area contributed by atoms with Crippen molar-refractivity contribution in [3.05, 3.63) is 58.7 Å². The summed E-state index contributed by atoms with van der Waals surface area (Å²) >= 11 is 0. The number of aromatic nitrogens is 3. The highest BCUT2D eigenvalue weighted by atomic mass is 16.3. The highest BCUT2D eigenvalue weighted by Crippen LogP contribution is 2.35. The maximum Gasteiger partial charge on any atom is 0.315 e. The Balaban J connectivity index is 2.07. The van der Waals surface area contributed by atoms with E-state index in [1.54, 1.807) is 10.6 Å². The molecule has 26 heavy (non-hydrogen) atoms. The zero-order valence-electron chi connectivity index (χ0n) is 15.7. The van der Waals surface area contributed by atoms with Gasteiger partial charge in [-0.05, 0) is 53.6 Å². The van der Waals surface area contributed by atoms with Crippen LogP contribution in [0.3, 0.4) is 0 Å². The molecule has 0 atom stereocenters. The molecule has 0 radical (unpaired) electrons. The van der Waals surface area contributed by atoms with Crippen molar-refractivity contribution in [2.24, 2.45) is 0 Å². The summed E-state index contributed by atoms with van der Waals surface area (Å²) in [6, 6.07) is 11.7. The summed E-state index contributed by atoms with van der Waals surface area (Å²) in [5.74, 6) is 0.923. The lowest BCUT2D eigenvalue weighted by Crippen LogP contribution is -2.03. The summed E-state index contributed by atoms with van der Waals surface area (Å²) < 4.78 is 1.63. The molecule has 3 aromatic rings. The Labute approximate surface area is 154 Å². The Morgan fingerprint density at radius 2 is 1.77 bits per heavy atom. The molecule has 2 N–H and O–H groups in total. The first-order valence-electron chi connectivity index (χ1n) is 8.94. The monoisotopic (exact) mass is 351 g/mol. The molecule has 0 bridgehead atoms. The van der Waals surface area contributed by atoms with Crippen LogP contribution in [0.2, 0.25) is 0 Å². The maximum atomic E-state index is 10.5. The standard InChI is InChI=1S/C21H25N3O2/c1-5-15-7-6-8-16(10-15)12-24-20(22-23-21(24)26)18-11-17(13(2)3)14(4)9-19(18)25/h6-11,13,25H,5,12H2,1-4H3,(H,23,26). The molecular formula is C21H25N3O2. The average Bonchev–Trinajstić information content (AvgIpc) is 2.95. The first-order chi connectivity index (χ1) is 12.4. The Hall–Kier alpha value is -2.82. The van der Waals surface area contributed by atoms with Crippen molar-refractivity contribution in [2.75, 3.05) is 0 Å². The molecular weight excluding hydrogens is 326 g/mol. The Morgan fingerprint density at radius 3 is 2.46 bits per heavy atom. The quantitative estimate of drug-likeness (QED) is 0.715. The molecule has 5 nitrogen and oxygen atoms in total. The number of nitrogens with zero attached hydrogens (tertiary/aromatic N) is 3. The van der Waals surface area contributed by atoms with Gasteiger partial charge < -0.3 is 10.2 Å². The number of benzene rings is 2. The number of phenols is 1. The van der Waals surface area contributed by atoms with E-state index in [0.29, 0.717) is 23.9 Å². The van der Waals surface area contributed by atoms with E-state index in [9.17, 15) is 10.2 Å². The fourth-order valence-electron chi connectivity index (χ4n) is 3.28. The molecule has 0 aliphatic heterocycles. The van der Waals surface area contributed by atoms with E-state index < -0.39 is 0 Å².